The van der Waals surface area contributed by atoms with Crippen LogP contribution < -0.4 is 5.32 Å². The van der Waals surface area contributed by atoms with Gasteiger partial charge in [0, 0.05) is 18.7 Å². The Morgan fingerprint density at radius 2 is 2.17 bits per heavy atom. The molecular weight excluding hydrogens is 328 g/mol. The first-order chi connectivity index (χ1) is 11.4. The van der Waals surface area contributed by atoms with Gasteiger partial charge in [-0.3, -0.25) is 9.69 Å². The predicted molar refractivity (Wildman–Crippen MR) is 90.6 cm³/mol. The number of hydrogen-bond donors (Lipinski definition) is 1. The molecule has 3 aliphatic rings. The third kappa shape index (κ3) is 3.09. The van der Waals surface area contributed by atoms with Gasteiger partial charge in [0.2, 0.25) is 5.91 Å². The van der Waals surface area contributed by atoms with Crippen molar-refractivity contribution in [2.24, 2.45) is 5.92 Å². The molecule has 1 saturated carbocycles. The minimum absolute atomic E-state index is 0.0374. The summed E-state index contributed by atoms with van der Waals surface area (Å²) >= 11 is 0. The number of nitrogens with one attached hydrogen (secondary N) is 1. The van der Waals surface area contributed by atoms with E-state index in [1.165, 1.54) is 19.3 Å². The second kappa shape index (κ2) is 5.84. The maximum atomic E-state index is 12.4. The SMILES string of the molecule is Cc1cc(NC(=O)CN2CC3CCC2C3)n(C2CCS(=O)(=O)C2)n1. The summed E-state index contributed by atoms with van der Waals surface area (Å²) in [5, 5.41) is 7.35. The van der Waals surface area contributed by atoms with Crippen LogP contribution >= 0.6 is 0 Å². The zero-order valence-corrected chi connectivity index (χ0v) is 14.8. The summed E-state index contributed by atoms with van der Waals surface area (Å²) < 4.78 is 25.1. The van der Waals surface area contributed by atoms with E-state index in [1.807, 2.05) is 13.0 Å². The number of sulfone groups is 1. The Bertz CT molecular complexity index is 757. The fourth-order valence-corrected chi connectivity index (χ4v) is 6.14. The molecule has 8 heteroatoms. The molecule has 2 aliphatic heterocycles. The van der Waals surface area contributed by atoms with E-state index in [1.54, 1.807) is 4.68 Å². The molecule has 7 nitrogen and oxygen atoms in total. The zero-order valence-electron chi connectivity index (χ0n) is 13.9. The van der Waals surface area contributed by atoms with Crippen molar-refractivity contribution >= 4 is 21.6 Å². The third-order valence-corrected chi connectivity index (χ3v) is 7.30. The molecule has 3 unspecified atom stereocenters. The van der Waals surface area contributed by atoms with Crippen molar-refractivity contribution in [3.63, 3.8) is 0 Å². The first kappa shape index (κ1) is 16.1. The second-order valence-electron chi connectivity index (χ2n) is 7.48. The number of carbonyl (C=O) groups excluding carboxylic acids is 1. The highest BCUT2D eigenvalue weighted by Crippen LogP contribution is 2.37. The number of nitrogens with zero attached hydrogens (tertiary/aromatic N) is 3. The van der Waals surface area contributed by atoms with E-state index in [2.05, 4.69) is 15.3 Å². The molecule has 2 saturated heterocycles. The highest BCUT2D eigenvalue weighted by Gasteiger charge is 2.38. The fraction of sp³-hybridized carbons (Fsp3) is 0.750. The Morgan fingerprint density at radius 3 is 2.79 bits per heavy atom. The quantitative estimate of drug-likeness (QED) is 0.873. The Morgan fingerprint density at radius 1 is 1.33 bits per heavy atom. The van der Waals surface area contributed by atoms with Gasteiger partial charge in [-0.25, -0.2) is 13.1 Å². The van der Waals surface area contributed by atoms with E-state index >= 15 is 0 Å². The van der Waals surface area contributed by atoms with Gasteiger partial charge >= 0.3 is 0 Å². The van der Waals surface area contributed by atoms with Crippen LogP contribution in [0.15, 0.2) is 6.07 Å². The maximum absolute atomic E-state index is 12.4. The van der Waals surface area contributed by atoms with Gasteiger partial charge in [-0.15, -0.1) is 0 Å². The molecular formula is C16H24N4O3S. The van der Waals surface area contributed by atoms with Crippen LogP contribution in [0.4, 0.5) is 5.82 Å². The second-order valence-corrected chi connectivity index (χ2v) is 9.71. The number of aryl methyl sites for hydroxylation is 1. The Hall–Kier alpha value is -1.41. The number of aromatic nitrogens is 2. The average molecular weight is 352 g/mol. The first-order valence-corrected chi connectivity index (χ1v) is 10.5. The summed E-state index contributed by atoms with van der Waals surface area (Å²) in [6, 6.07) is 2.20. The number of hydrogen-bond acceptors (Lipinski definition) is 5. The lowest BCUT2D eigenvalue weighted by Gasteiger charge is -2.26. The number of piperidine rings is 1. The minimum atomic E-state index is -2.99. The topological polar surface area (TPSA) is 84.3 Å². The van der Waals surface area contributed by atoms with Crippen molar-refractivity contribution in [3.05, 3.63) is 11.8 Å². The Balaban J connectivity index is 1.44. The van der Waals surface area contributed by atoms with Crippen LogP contribution in [0.25, 0.3) is 0 Å². The summed E-state index contributed by atoms with van der Waals surface area (Å²) in [6.07, 6.45) is 4.28. The van der Waals surface area contributed by atoms with Crippen LogP contribution in [-0.2, 0) is 14.6 Å². The standard InChI is InChI=1S/C16H24N4O3S/c1-11-6-15(20(18-11)14-4-5-24(22,23)10-14)17-16(21)9-19-8-12-2-3-13(19)7-12/h6,12-14H,2-5,7-10H2,1H3,(H,17,21). The molecule has 1 aromatic heterocycles. The molecule has 3 atom stereocenters. The van der Waals surface area contributed by atoms with E-state index in [9.17, 15) is 13.2 Å². The molecule has 132 valence electrons. The molecule has 2 bridgehead atoms. The molecule has 3 heterocycles. The van der Waals surface area contributed by atoms with Crippen molar-refractivity contribution in [3.8, 4) is 0 Å². The Kier molecular flexibility index (Phi) is 3.91. The summed E-state index contributed by atoms with van der Waals surface area (Å²) in [4.78, 5) is 14.7. The van der Waals surface area contributed by atoms with Gasteiger partial charge in [0.05, 0.1) is 29.8 Å². The molecule has 1 aromatic rings. The molecule has 0 aromatic carbocycles. The van der Waals surface area contributed by atoms with Crippen molar-refractivity contribution < 1.29 is 13.2 Å². The van der Waals surface area contributed by atoms with Gasteiger partial charge < -0.3 is 5.32 Å². The number of carbonyl (C=O) groups is 1. The highest BCUT2D eigenvalue weighted by atomic mass is 32.2. The van der Waals surface area contributed by atoms with Gasteiger partial charge in [-0.05, 0) is 38.5 Å². The summed E-state index contributed by atoms with van der Waals surface area (Å²) in [5.74, 6) is 1.64. The molecule has 1 N–H and O–H groups in total. The monoisotopic (exact) mass is 352 g/mol. The van der Waals surface area contributed by atoms with E-state index < -0.39 is 9.84 Å². The van der Waals surface area contributed by atoms with Gasteiger partial charge in [0.1, 0.15) is 5.82 Å². The lowest BCUT2D eigenvalue weighted by molar-refractivity contribution is -0.117. The summed E-state index contributed by atoms with van der Waals surface area (Å²) in [7, 11) is -2.99. The lowest BCUT2D eigenvalue weighted by atomic mass is 10.1. The van der Waals surface area contributed by atoms with Crippen molar-refractivity contribution in [1.29, 1.82) is 0 Å². The van der Waals surface area contributed by atoms with Crippen LogP contribution in [0, 0.1) is 12.8 Å². The molecule has 0 spiro atoms. The van der Waals surface area contributed by atoms with Crippen LogP contribution in [0.2, 0.25) is 0 Å². The number of anilines is 1. The molecule has 1 amide bonds. The van der Waals surface area contributed by atoms with E-state index in [0.717, 1.165) is 18.2 Å². The minimum Gasteiger partial charge on any atom is -0.310 e. The molecule has 3 fully saturated rings. The van der Waals surface area contributed by atoms with E-state index in [4.69, 9.17) is 0 Å². The van der Waals surface area contributed by atoms with Crippen LogP contribution in [0.5, 0.6) is 0 Å². The zero-order chi connectivity index (χ0) is 16.9. The molecule has 4 rings (SSSR count). The van der Waals surface area contributed by atoms with Crippen LogP contribution in [0.3, 0.4) is 0 Å². The summed E-state index contributed by atoms with van der Waals surface area (Å²) in [6.45, 7) is 3.29. The number of rotatable bonds is 4. The maximum Gasteiger partial charge on any atom is 0.239 e. The molecule has 0 radical (unpaired) electrons. The lowest BCUT2D eigenvalue weighted by Crippen LogP contribution is -2.38. The number of likely N-dealkylation sites (tertiary alicyclic amines) is 1. The van der Waals surface area contributed by atoms with Crippen LogP contribution in [0.1, 0.15) is 37.4 Å². The third-order valence-electron chi connectivity index (χ3n) is 5.55. The predicted octanol–water partition coefficient (Wildman–Crippen LogP) is 0.974. The molecule has 24 heavy (non-hydrogen) atoms. The van der Waals surface area contributed by atoms with Crippen molar-refractivity contribution in [2.75, 3.05) is 29.9 Å². The van der Waals surface area contributed by atoms with Gasteiger partial charge in [-0.2, -0.15) is 5.10 Å². The normalized spacial score (nSPS) is 31.6. The first-order valence-electron chi connectivity index (χ1n) is 8.70. The fourth-order valence-electron chi connectivity index (χ4n) is 4.44. The smallest absolute Gasteiger partial charge is 0.239 e. The van der Waals surface area contributed by atoms with Gasteiger partial charge in [-0.1, -0.05) is 0 Å². The summed E-state index contributed by atoms with van der Waals surface area (Å²) in [5.41, 5.74) is 0.787. The largest absolute Gasteiger partial charge is 0.310 e. The van der Waals surface area contributed by atoms with Gasteiger partial charge in [0.25, 0.3) is 0 Å². The number of fused-ring (bicyclic) bond motifs is 2. The highest BCUT2D eigenvalue weighted by molar-refractivity contribution is 7.91. The van der Waals surface area contributed by atoms with E-state index in [0.29, 0.717) is 24.8 Å². The number of amides is 1. The molecule has 1 aliphatic carbocycles. The van der Waals surface area contributed by atoms with Crippen molar-refractivity contribution in [2.45, 2.75) is 44.7 Å². The van der Waals surface area contributed by atoms with Gasteiger partial charge in [0.15, 0.2) is 9.84 Å². The van der Waals surface area contributed by atoms with Crippen LogP contribution in [-0.4, -0.2) is 59.6 Å². The van der Waals surface area contributed by atoms with Crippen molar-refractivity contribution in [1.82, 2.24) is 14.7 Å². The Labute approximate surface area is 142 Å². The average Bonchev–Trinajstić information content (AvgIpc) is 3.23. The van der Waals surface area contributed by atoms with E-state index in [-0.39, 0.29) is 23.5 Å².